The van der Waals surface area contributed by atoms with E-state index in [1.807, 2.05) is 0 Å². The maximum atomic E-state index is 2.66. The molecule has 0 bridgehead atoms. The zero-order chi connectivity index (χ0) is 38.2. The molecule has 0 atom stereocenters. The minimum absolute atomic E-state index is 0.113. The molecule has 3 aromatic rings. The predicted octanol–water partition coefficient (Wildman–Crippen LogP) is 17.8. The normalized spacial score (nSPS) is 14.6. The summed E-state index contributed by atoms with van der Waals surface area (Å²) < 4.78 is 0. The molecule has 0 N–H and O–H groups in total. The van der Waals surface area contributed by atoms with Gasteiger partial charge in [0.25, 0.3) is 0 Å². The van der Waals surface area contributed by atoms with Gasteiger partial charge in [-0.05, 0) is 84.0 Å². The van der Waals surface area contributed by atoms with Gasteiger partial charge in [-0.2, -0.15) is 0 Å². The Kier molecular flexibility index (Phi) is 17.3. The fraction of sp³-hybridized carbons (Fsp3) is 0.667. The molecule has 0 fully saturated rings. The molecule has 0 unspecified atom stereocenters. The molecule has 0 nitrogen and oxygen atoms in total. The van der Waals surface area contributed by atoms with Crippen LogP contribution in [0.3, 0.4) is 0 Å². The van der Waals surface area contributed by atoms with Crippen molar-refractivity contribution < 1.29 is 0 Å². The lowest BCUT2D eigenvalue weighted by Gasteiger charge is -2.40. The average molecular weight is 731 g/mol. The fourth-order valence-electron chi connectivity index (χ4n) is 11.0. The Balaban J connectivity index is 1.66. The average Bonchev–Trinajstić information content (AvgIpc) is 3.60. The van der Waals surface area contributed by atoms with E-state index in [1.54, 1.807) is 44.5 Å². The SMILES string of the molecule is CCCCCCCCC1(CCCCCCCC)c2cc(C)ccc2-c2ccc3c(c21)C(CCCCCCCC)(CCCCCCCC)c1cc(C)ccc1-3. The third-order valence-corrected chi connectivity index (χ3v) is 14.0. The summed E-state index contributed by atoms with van der Waals surface area (Å²) in [5.41, 5.74) is 16.4. The van der Waals surface area contributed by atoms with Gasteiger partial charge in [0.05, 0.1) is 0 Å². The van der Waals surface area contributed by atoms with E-state index in [9.17, 15) is 0 Å². The van der Waals surface area contributed by atoms with Crippen molar-refractivity contribution >= 4 is 0 Å². The van der Waals surface area contributed by atoms with Gasteiger partial charge in [-0.15, -0.1) is 0 Å². The zero-order valence-corrected chi connectivity index (χ0v) is 36.4. The first-order valence-electron chi connectivity index (χ1n) is 23.9. The van der Waals surface area contributed by atoms with E-state index in [-0.39, 0.29) is 10.8 Å². The topological polar surface area (TPSA) is 0 Å². The van der Waals surface area contributed by atoms with Crippen molar-refractivity contribution in [3.63, 3.8) is 0 Å². The molecular weight excluding hydrogens is 649 g/mol. The molecule has 0 spiro atoms. The molecular formula is C54H82. The van der Waals surface area contributed by atoms with E-state index in [2.05, 4.69) is 90.1 Å². The maximum Gasteiger partial charge on any atom is 0.0218 e. The number of fused-ring (bicyclic) bond motifs is 7. The Morgan fingerprint density at radius 3 is 0.870 bits per heavy atom. The highest BCUT2D eigenvalue weighted by molar-refractivity contribution is 5.92. The number of rotatable bonds is 28. The third-order valence-electron chi connectivity index (χ3n) is 14.0. The van der Waals surface area contributed by atoms with Crippen LogP contribution in [0.25, 0.3) is 22.3 Å². The number of unbranched alkanes of at least 4 members (excludes halogenated alkanes) is 20. The van der Waals surface area contributed by atoms with Crippen LogP contribution in [0.2, 0.25) is 0 Å². The van der Waals surface area contributed by atoms with Crippen molar-refractivity contribution in [2.75, 3.05) is 0 Å². The molecule has 0 radical (unpaired) electrons. The summed E-state index contributed by atoms with van der Waals surface area (Å²) in [6.45, 7) is 14.1. The summed E-state index contributed by atoms with van der Waals surface area (Å²) in [5.74, 6) is 0. The molecule has 0 aliphatic heterocycles. The molecule has 2 aliphatic carbocycles. The molecule has 0 aromatic heterocycles. The van der Waals surface area contributed by atoms with Gasteiger partial charge >= 0.3 is 0 Å². The number of hydrogen-bond donors (Lipinski definition) is 0. The van der Waals surface area contributed by atoms with Crippen LogP contribution in [-0.4, -0.2) is 0 Å². The number of benzene rings is 3. The highest BCUT2D eigenvalue weighted by Gasteiger charge is 2.51. The fourth-order valence-corrected chi connectivity index (χ4v) is 11.0. The van der Waals surface area contributed by atoms with Crippen LogP contribution >= 0.6 is 0 Å². The molecule has 0 saturated carbocycles. The monoisotopic (exact) mass is 731 g/mol. The lowest BCUT2D eigenvalue weighted by Crippen LogP contribution is -2.33. The van der Waals surface area contributed by atoms with Crippen LogP contribution < -0.4 is 0 Å². The molecule has 0 amide bonds. The molecule has 3 aromatic carbocycles. The molecule has 54 heavy (non-hydrogen) atoms. The summed E-state index contributed by atoms with van der Waals surface area (Å²) in [6, 6.07) is 20.4. The first-order chi connectivity index (χ1) is 26.5. The van der Waals surface area contributed by atoms with E-state index in [1.165, 1.54) is 191 Å². The number of hydrogen-bond acceptors (Lipinski definition) is 0. The molecule has 0 heterocycles. The van der Waals surface area contributed by atoms with Gasteiger partial charge < -0.3 is 0 Å². The third kappa shape index (κ3) is 9.96. The minimum Gasteiger partial charge on any atom is -0.0654 e. The van der Waals surface area contributed by atoms with Crippen molar-refractivity contribution in [1.82, 2.24) is 0 Å². The van der Waals surface area contributed by atoms with Crippen LogP contribution in [0, 0.1) is 13.8 Å². The van der Waals surface area contributed by atoms with Gasteiger partial charge in [-0.3, -0.25) is 0 Å². The van der Waals surface area contributed by atoms with Crippen LogP contribution in [-0.2, 0) is 10.8 Å². The molecule has 298 valence electrons. The van der Waals surface area contributed by atoms with E-state index >= 15 is 0 Å². The zero-order valence-electron chi connectivity index (χ0n) is 36.4. The summed E-state index contributed by atoms with van der Waals surface area (Å²) in [4.78, 5) is 0. The maximum absolute atomic E-state index is 2.66. The van der Waals surface area contributed by atoms with Gasteiger partial charge in [0, 0.05) is 10.8 Å². The first-order valence-corrected chi connectivity index (χ1v) is 23.9. The van der Waals surface area contributed by atoms with E-state index in [4.69, 9.17) is 0 Å². The second-order valence-corrected chi connectivity index (χ2v) is 18.2. The van der Waals surface area contributed by atoms with E-state index < -0.39 is 0 Å². The summed E-state index contributed by atoms with van der Waals surface area (Å²) in [5, 5.41) is 0. The Hall–Kier alpha value is -2.34. The Morgan fingerprint density at radius 2 is 0.574 bits per heavy atom. The second-order valence-electron chi connectivity index (χ2n) is 18.2. The van der Waals surface area contributed by atoms with Crippen molar-refractivity contribution in [2.24, 2.45) is 0 Å². The Morgan fingerprint density at radius 1 is 0.315 bits per heavy atom. The largest absolute Gasteiger partial charge is 0.0654 e. The molecule has 0 saturated heterocycles. The Bertz CT molecular complexity index is 1400. The van der Waals surface area contributed by atoms with Crippen molar-refractivity contribution in [3.05, 3.63) is 81.9 Å². The summed E-state index contributed by atoms with van der Waals surface area (Å²) in [6.07, 6.45) is 38.2. The van der Waals surface area contributed by atoms with Crippen LogP contribution in [0.4, 0.5) is 0 Å². The van der Waals surface area contributed by atoms with Gasteiger partial charge in [0.2, 0.25) is 0 Å². The lowest BCUT2D eigenvalue weighted by molar-refractivity contribution is 0.368. The Labute approximate surface area is 335 Å². The standard InChI is InChI=1S/C54H82/c1-7-11-15-19-23-27-37-53(38-28-24-20-16-12-8-2)49-41-43(5)31-33-45(49)47-35-36-48-46-34-32-44(6)42-50(46)54(52(48)51(47)53,39-29-25-21-17-13-9-3)40-30-26-22-18-14-10-4/h31-36,41-42H,7-30,37-40H2,1-6H3. The summed E-state index contributed by atoms with van der Waals surface area (Å²) >= 11 is 0. The van der Waals surface area contributed by atoms with Crippen LogP contribution in [0.5, 0.6) is 0 Å². The van der Waals surface area contributed by atoms with Gasteiger partial charge in [0.1, 0.15) is 0 Å². The van der Waals surface area contributed by atoms with Crippen molar-refractivity contribution in [3.8, 4) is 22.3 Å². The molecule has 2 aliphatic rings. The van der Waals surface area contributed by atoms with Crippen molar-refractivity contribution in [1.29, 1.82) is 0 Å². The van der Waals surface area contributed by atoms with Crippen molar-refractivity contribution in [2.45, 2.75) is 232 Å². The van der Waals surface area contributed by atoms with Crippen LogP contribution in [0.15, 0.2) is 48.5 Å². The van der Waals surface area contributed by atoms with Crippen LogP contribution in [0.1, 0.15) is 241 Å². The highest BCUT2D eigenvalue weighted by Crippen LogP contribution is 2.64. The number of aryl methyl sites for hydroxylation is 2. The predicted molar refractivity (Wildman–Crippen MR) is 240 cm³/mol. The van der Waals surface area contributed by atoms with E-state index in [0.29, 0.717) is 0 Å². The van der Waals surface area contributed by atoms with Gasteiger partial charge in [0.15, 0.2) is 0 Å². The lowest BCUT2D eigenvalue weighted by atomic mass is 9.62. The van der Waals surface area contributed by atoms with Gasteiger partial charge in [-0.1, -0.05) is 241 Å². The molecule has 0 heteroatoms. The second kappa shape index (κ2) is 21.8. The first kappa shape index (κ1) is 42.8. The minimum atomic E-state index is 0.113. The van der Waals surface area contributed by atoms with E-state index in [0.717, 1.165) is 0 Å². The summed E-state index contributed by atoms with van der Waals surface area (Å²) in [7, 11) is 0. The molecule has 5 rings (SSSR count). The quantitative estimate of drug-likeness (QED) is 0.0653. The van der Waals surface area contributed by atoms with Gasteiger partial charge in [-0.25, -0.2) is 0 Å². The highest BCUT2D eigenvalue weighted by atomic mass is 14.5. The smallest absolute Gasteiger partial charge is 0.0218 e.